The molecule has 0 radical (unpaired) electrons. The maximum absolute atomic E-state index is 15.4. The summed E-state index contributed by atoms with van der Waals surface area (Å²) in [4.78, 5) is 49.4. The second-order valence-corrected chi connectivity index (χ2v) is 18.3. The Hall–Kier alpha value is -7.01. The lowest BCUT2D eigenvalue weighted by molar-refractivity contribution is -0.106. The zero-order chi connectivity index (χ0) is 43.8. The fourth-order valence-corrected chi connectivity index (χ4v) is 10.7. The van der Waals surface area contributed by atoms with E-state index in [2.05, 4.69) is 45.3 Å². The molecule has 5 aromatic heterocycles. The van der Waals surface area contributed by atoms with Crippen LogP contribution < -0.4 is 16.3 Å². The molecule has 1 amide bonds. The highest BCUT2D eigenvalue weighted by atomic mass is 19.1. The van der Waals surface area contributed by atoms with Crippen molar-refractivity contribution in [1.29, 1.82) is 0 Å². The van der Waals surface area contributed by atoms with E-state index in [0.717, 1.165) is 59.1 Å². The van der Waals surface area contributed by atoms with Gasteiger partial charge in [0.15, 0.2) is 5.82 Å². The highest BCUT2D eigenvalue weighted by Gasteiger charge is 2.59. The molecule has 0 unspecified atom stereocenters. The van der Waals surface area contributed by atoms with Crippen LogP contribution in [0.1, 0.15) is 71.3 Å². The summed E-state index contributed by atoms with van der Waals surface area (Å²) in [5.74, 6) is -0.297. The van der Waals surface area contributed by atoms with Crippen molar-refractivity contribution in [2.24, 2.45) is 13.0 Å². The molecular formula is C47H46FN11O5. The molecule has 2 saturated carbocycles. The molecule has 7 heterocycles. The van der Waals surface area contributed by atoms with Crippen LogP contribution in [-0.2, 0) is 30.3 Å². The number of anilines is 1. The molecule has 64 heavy (non-hydrogen) atoms. The number of hydrogen-bond acceptors (Lipinski definition) is 9. The van der Waals surface area contributed by atoms with Crippen molar-refractivity contribution in [2.75, 3.05) is 31.1 Å². The number of imidazole rings is 1. The molecule has 0 bridgehead atoms. The van der Waals surface area contributed by atoms with Gasteiger partial charge in [-0.1, -0.05) is 12.1 Å². The molecule has 4 aliphatic rings. The van der Waals surface area contributed by atoms with E-state index < -0.39 is 11.3 Å². The third-order valence-electron chi connectivity index (χ3n) is 14.4. The van der Waals surface area contributed by atoms with Gasteiger partial charge in [-0.3, -0.25) is 28.1 Å². The Bertz CT molecular complexity index is 3340. The molecule has 3 fully saturated rings. The van der Waals surface area contributed by atoms with Gasteiger partial charge >= 0.3 is 11.4 Å². The quantitative estimate of drug-likeness (QED) is 0.208. The van der Waals surface area contributed by atoms with Gasteiger partial charge in [-0.2, -0.15) is 10.2 Å². The number of amides is 1. The summed E-state index contributed by atoms with van der Waals surface area (Å²) >= 11 is 0. The number of benzene rings is 3. The summed E-state index contributed by atoms with van der Waals surface area (Å²) < 4.78 is 35.0. The number of nitrogens with zero attached hydrogens (tertiary/aromatic N) is 10. The number of fused-ring (bicyclic) bond motifs is 3. The van der Waals surface area contributed by atoms with E-state index in [1.807, 2.05) is 35.9 Å². The monoisotopic (exact) mass is 863 g/mol. The Labute approximate surface area is 365 Å². The molecule has 2 atom stereocenters. The van der Waals surface area contributed by atoms with Crippen LogP contribution in [0.4, 0.5) is 10.1 Å². The maximum Gasteiger partial charge on any atom is 0.438 e. The molecule has 2 aliphatic heterocycles. The summed E-state index contributed by atoms with van der Waals surface area (Å²) in [6, 6.07) is 17.5. The third kappa shape index (κ3) is 5.68. The van der Waals surface area contributed by atoms with E-state index in [0.29, 0.717) is 71.4 Å². The van der Waals surface area contributed by atoms with Gasteiger partial charge in [-0.05, 0) is 111 Å². The van der Waals surface area contributed by atoms with E-state index >= 15 is 9.18 Å². The number of H-pyrrole nitrogens is 1. The van der Waals surface area contributed by atoms with Crippen LogP contribution in [0.5, 0.6) is 0 Å². The first kappa shape index (κ1) is 38.6. The second-order valence-electron chi connectivity index (χ2n) is 18.3. The first-order chi connectivity index (χ1) is 30.9. The van der Waals surface area contributed by atoms with Crippen LogP contribution in [0.2, 0.25) is 0 Å². The molecule has 16 nitrogen and oxygen atoms in total. The Morgan fingerprint density at radius 2 is 1.67 bits per heavy atom. The molecule has 12 rings (SSSR count). The minimum absolute atomic E-state index is 0.0305. The van der Waals surface area contributed by atoms with Crippen molar-refractivity contribution in [2.45, 2.75) is 70.6 Å². The van der Waals surface area contributed by atoms with Crippen LogP contribution >= 0.6 is 0 Å². The predicted octanol–water partition coefficient (Wildman–Crippen LogP) is 5.83. The van der Waals surface area contributed by atoms with Gasteiger partial charge in [0.1, 0.15) is 22.9 Å². The van der Waals surface area contributed by atoms with Crippen molar-refractivity contribution in [1.82, 2.24) is 48.3 Å². The van der Waals surface area contributed by atoms with Crippen molar-refractivity contribution in [3.63, 3.8) is 0 Å². The Balaban J connectivity index is 0.973. The highest BCUT2D eigenvalue weighted by molar-refractivity contribution is 6.00. The molecule has 1 N–H and O–H groups in total. The van der Waals surface area contributed by atoms with Crippen LogP contribution in [0.25, 0.3) is 39.0 Å². The molecule has 1 spiro atoms. The van der Waals surface area contributed by atoms with Crippen molar-refractivity contribution < 1.29 is 18.4 Å². The summed E-state index contributed by atoms with van der Waals surface area (Å²) in [5, 5.41) is 15.4. The minimum Gasteiger partial charge on any atom is -0.371 e. The van der Waals surface area contributed by atoms with Crippen molar-refractivity contribution in [3.05, 3.63) is 134 Å². The van der Waals surface area contributed by atoms with Crippen molar-refractivity contribution >= 4 is 33.4 Å². The van der Waals surface area contributed by atoms with Gasteiger partial charge in [0.2, 0.25) is 0 Å². The predicted molar refractivity (Wildman–Crippen MR) is 235 cm³/mol. The largest absolute Gasteiger partial charge is 0.438 e. The number of aromatic amines is 1. The van der Waals surface area contributed by atoms with E-state index in [9.17, 15) is 9.59 Å². The number of morpholine rings is 1. The van der Waals surface area contributed by atoms with Crippen molar-refractivity contribution in [3.8, 4) is 17.2 Å². The number of hydrogen-bond donors (Lipinski definition) is 1. The van der Waals surface area contributed by atoms with E-state index in [4.69, 9.17) is 14.4 Å². The van der Waals surface area contributed by atoms with Crippen LogP contribution in [0, 0.1) is 25.6 Å². The summed E-state index contributed by atoms with van der Waals surface area (Å²) in [7, 11) is 1.87. The standard InChI is InChI=1S/C47H46FN11O5/c1-27-18-34(19-28(2)40(27)48)59-41(57-15-14-56(45(57)62)33-7-8-37-31(21-33)24-49-53(37)4)35-25-54(13-10-36(35)51-59)42(60)39-22-30-20-32(55-16-17-63-46(26-55)11-5-12-46)6-9-38(30)58(39)47(23-29(47)3)43-50-44(61)64-52-43/h6-9,14-15,18-22,24,29H,5,10-13,16-17,23,25-26H2,1-4H3,(H,50,52,61)/t29-,47-/m0/s1. The van der Waals surface area contributed by atoms with E-state index in [1.165, 1.54) is 6.42 Å². The zero-order valence-corrected chi connectivity index (χ0v) is 36.0. The van der Waals surface area contributed by atoms with Gasteiger partial charge in [0.25, 0.3) is 5.91 Å². The number of carbonyl (C=O) groups excluding carboxylic acids is 1. The molecule has 1 saturated heterocycles. The lowest BCUT2D eigenvalue weighted by Crippen LogP contribution is -2.55. The number of carbonyl (C=O) groups is 1. The Morgan fingerprint density at radius 1 is 0.922 bits per heavy atom. The average Bonchev–Trinajstić information content (AvgIpc) is 3.91. The fraction of sp³-hybridized carbons (Fsp3) is 0.362. The summed E-state index contributed by atoms with van der Waals surface area (Å²) in [5.41, 5.74) is 5.65. The topological polar surface area (TPSA) is 159 Å². The smallest absolute Gasteiger partial charge is 0.371 e. The van der Waals surface area contributed by atoms with Crippen LogP contribution in [0.3, 0.4) is 0 Å². The molecule has 17 heteroatoms. The van der Waals surface area contributed by atoms with Crippen LogP contribution in [0.15, 0.2) is 87.3 Å². The van der Waals surface area contributed by atoms with Gasteiger partial charge < -0.3 is 19.1 Å². The van der Waals surface area contributed by atoms with Gasteiger partial charge in [-0.25, -0.2) is 18.7 Å². The Kier molecular flexibility index (Phi) is 8.30. The second kappa shape index (κ2) is 13.7. The maximum atomic E-state index is 15.4. The third-order valence-corrected chi connectivity index (χ3v) is 14.4. The fourth-order valence-electron chi connectivity index (χ4n) is 10.7. The molecule has 326 valence electrons. The van der Waals surface area contributed by atoms with Gasteiger partial charge in [-0.15, -0.1) is 0 Å². The van der Waals surface area contributed by atoms with Gasteiger partial charge in [0.05, 0.1) is 47.5 Å². The van der Waals surface area contributed by atoms with Gasteiger partial charge in [0, 0.05) is 73.0 Å². The highest BCUT2D eigenvalue weighted by Crippen LogP contribution is 2.56. The van der Waals surface area contributed by atoms with Crippen LogP contribution in [-0.4, -0.2) is 86.1 Å². The molecule has 2 aliphatic carbocycles. The lowest BCUT2D eigenvalue weighted by Gasteiger charge is -2.49. The molecule has 8 aromatic rings. The minimum atomic E-state index is -0.820. The van der Waals surface area contributed by atoms with E-state index in [1.54, 1.807) is 68.0 Å². The number of aryl methyl sites for hydroxylation is 3. The number of rotatable bonds is 7. The average molecular weight is 864 g/mol. The summed E-state index contributed by atoms with van der Waals surface area (Å²) in [6.45, 7) is 8.27. The Morgan fingerprint density at radius 3 is 2.41 bits per heavy atom. The van der Waals surface area contributed by atoms with E-state index in [-0.39, 0.29) is 35.5 Å². The number of aromatic nitrogens is 9. The SMILES string of the molecule is Cc1cc(-n2nc3c(c2-n2ccn(-c4ccc5c(cnn5C)c4)c2=O)CN(C(=O)c2cc4cc(N5CCOC6(CCC6)C5)ccc4n2[C@@]2(c4noc(=O)[nH]4)C[C@@H]2C)CC3)cc(C)c1F. The lowest BCUT2D eigenvalue weighted by atomic mass is 9.79. The normalized spacial score (nSPS) is 20.4. The number of halogens is 1. The molecular weight excluding hydrogens is 818 g/mol. The first-order valence-electron chi connectivity index (χ1n) is 21.9. The first-order valence-corrected chi connectivity index (χ1v) is 21.9. The number of ether oxygens (including phenoxy) is 1. The summed E-state index contributed by atoms with van der Waals surface area (Å²) in [6.07, 6.45) is 9.53. The zero-order valence-electron chi connectivity index (χ0n) is 36.0. The molecule has 3 aromatic carbocycles. The number of nitrogens with one attached hydrogen (secondary N) is 1.